The predicted octanol–water partition coefficient (Wildman–Crippen LogP) is 2.81. The number of likely N-dealkylation sites (tertiary alicyclic amines) is 1. The number of benzene rings is 1. The maximum atomic E-state index is 12.7. The molecule has 2 fully saturated rings. The van der Waals surface area contributed by atoms with Crippen molar-refractivity contribution < 1.29 is 32.6 Å². The minimum absolute atomic E-state index is 0.177. The molecular formula is C20H27F3N2O4. The molecule has 1 amide bonds. The Balaban J connectivity index is 0.000000370. The van der Waals surface area contributed by atoms with Crippen LogP contribution in [0.4, 0.5) is 13.2 Å². The highest BCUT2D eigenvalue weighted by molar-refractivity contribution is 5.95. The van der Waals surface area contributed by atoms with Crippen LogP contribution in [0.15, 0.2) is 24.3 Å². The van der Waals surface area contributed by atoms with Crippen molar-refractivity contribution in [3.05, 3.63) is 35.4 Å². The van der Waals surface area contributed by atoms with Crippen LogP contribution >= 0.6 is 0 Å². The molecule has 6 nitrogen and oxygen atoms in total. The van der Waals surface area contributed by atoms with Gasteiger partial charge in [-0.2, -0.15) is 13.2 Å². The molecule has 1 aromatic carbocycles. The Morgan fingerprint density at radius 3 is 2.28 bits per heavy atom. The number of carboxylic acid groups (broad SMARTS) is 1. The third kappa shape index (κ3) is 6.43. The SMILES string of the molecule is Cc1ccccc1C(=O)N1CCC2(CC1)COCCN(C)C2.O=C(O)C(F)(F)F. The number of hydrogen-bond donors (Lipinski definition) is 1. The van der Waals surface area contributed by atoms with Gasteiger partial charge in [0, 0.05) is 37.2 Å². The van der Waals surface area contributed by atoms with Gasteiger partial charge in [-0.1, -0.05) is 18.2 Å². The fourth-order valence-electron chi connectivity index (χ4n) is 3.68. The molecule has 1 aromatic rings. The van der Waals surface area contributed by atoms with E-state index in [4.69, 9.17) is 14.6 Å². The number of hydrogen-bond acceptors (Lipinski definition) is 4. The first kappa shape index (κ1) is 23.2. The largest absolute Gasteiger partial charge is 0.490 e. The summed E-state index contributed by atoms with van der Waals surface area (Å²) in [6.07, 6.45) is -3.01. The van der Waals surface area contributed by atoms with Gasteiger partial charge in [-0.05, 0) is 38.4 Å². The average Bonchev–Trinajstić information content (AvgIpc) is 2.83. The zero-order valence-electron chi connectivity index (χ0n) is 16.7. The van der Waals surface area contributed by atoms with Crippen LogP contribution in [-0.4, -0.2) is 79.4 Å². The molecule has 2 aliphatic rings. The Morgan fingerprint density at radius 1 is 1.14 bits per heavy atom. The van der Waals surface area contributed by atoms with Crippen LogP contribution in [-0.2, 0) is 9.53 Å². The van der Waals surface area contributed by atoms with Gasteiger partial charge in [0.2, 0.25) is 0 Å². The van der Waals surface area contributed by atoms with Gasteiger partial charge in [-0.15, -0.1) is 0 Å². The molecule has 2 saturated heterocycles. The number of likely N-dealkylation sites (N-methyl/N-ethyl adjacent to an activating group) is 1. The van der Waals surface area contributed by atoms with E-state index in [2.05, 4.69) is 11.9 Å². The lowest BCUT2D eigenvalue weighted by Gasteiger charge is -2.42. The summed E-state index contributed by atoms with van der Waals surface area (Å²) in [6.45, 7) is 7.43. The first-order chi connectivity index (χ1) is 13.5. The Kier molecular flexibility index (Phi) is 7.65. The van der Waals surface area contributed by atoms with Gasteiger partial charge in [0.1, 0.15) is 0 Å². The molecule has 162 valence electrons. The summed E-state index contributed by atoms with van der Waals surface area (Å²) in [6, 6.07) is 7.87. The highest BCUT2D eigenvalue weighted by Gasteiger charge is 2.39. The molecule has 0 unspecified atom stereocenters. The van der Waals surface area contributed by atoms with Crippen LogP contribution in [0.25, 0.3) is 0 Å². The monoisotopic (exact) mass is 416 g/mol. The van der Waals surface area contributed by atoms with Gasteiger partial charge < -0.3 is 19.6 Å². The smallest absolute Gasteiger partial charge is 0.475 e. The van der Waals surface area contributed by atoms with Crippen molar-refractivity contribution in [1.29, 1.82) is 0 Å². The van der Waals surface area contributed by atoms with E-state index in [1.807, 2.05) is 36.1 Å². The van der Waals surface area contributed by atoms with Gasteiger partial charge in [0.05, 0.1) is 13.2 Å². The lowest BCUT2D eigenvalue weighted by Crippen LogP contribution is -2.48. The van der Waals surface area contributed by atoms with E-state index in [0.29, 0.717) is 0 Å². The highest BCUT2D eigenvalue weighted by Crippen LogP contribution is 2.34. The third-order valence-electron chi connectivity index (χ3n) is 5.36. The summed E-state index contributed by atoms with van der Waals surface area (Å²) < 4.78 is 37.5. The predicted molar refractivity (Wildman–Crippen MR) is 101 cm³/mol. The molecule has 2 aliphatic heterocycles. The molecule has 2 heterocycles. The van der Waals surface area contributed by atoms with E-state index in [9.17, 15) is 18.0 Å². The molecule has 1 spiro atoms. The van der Waals surface area contributed by atoms with Crippen molar-refractivity contribution in [2.45, 2.75) is 25.9 Å². The summed E-state index contributed by atoms with van der Waals surface area (Å²) in [5, 5.41) is 7.12. The molecule has 0 atom stereocenters. The van der Waals surface area contributed by atoms with Crippen LogP contribution in [0.1, 0.15) is 28.8 Å². The van der Waals surface area contributed by atoms with Gasteiger partial charge in [0.25, 0.3) is 5.91 Å². The van der Waals surface area contributed by atoms with E-state index < -0.39 is 12.1 Å². The number of rotatable bonds is 1. The summed E-state index contributed by atoms with van der Waals surface area (Å²) in [4.78, 5) is 26.0. The molecule has 0 saturated carbocycles. The number of carbonyl (C=O) groups excluding carboxylic acids is 1. The molecule has 1 N–H and O–H groups in total. The number of alkyl halides is 3. The lowest BCUT2D eigenvalue weighted by molar-refractivity contribution is -0.192. The zero-order chi connectivity index (χ0) is 21.7. The second-order valence-electron chi connectivity index (χ2n) is 7.70. The number of carboxylic acids is 1. The molecule has 3 rings (SSSR count). The van der Waals surface area contributed by atoms with Crippen LogP contribution < -0.4 is 0 Å². The maximum Gasteiger partial charge on any atom is 0.490 e. The first-order valence-corrected chi connectivity index (χ1v) is 9.45. The number of carbonyl (C=O) groups is 2. The molecule has 0 aliphatic carbocycles. The number of aryl methyl sites for hydroxylation is 1. The topological polar surface area (TPSA) is 70.1 Å². The van der Waals surface area contributed by atoms with Crippen molar-refractivity contribution in [2.24, 2.45) is 5.41 Å². The number of nitrogens with zero attached hydrogens (tertiary/aromatic N) is 2. The van der Waals surface area contributed by atoms with Gasteiger partial charge in [-0.25, -0.2) is 4.79 Å². The first-order valence-electron chi connectivity index (χ1n) is 9.45. The lowest BCUT2D eigenvalue weighted by atomic mass is 9.78. The second-order valence-corrected chi connectivity index (χ2v) is 7.70. The summed E-state index contributed by atoms with van der Waals surface area (Å²) >= 11 is 0. The standard InChI is InChI=1S/C18H26N2O2.C2HF3O2/c1-15-5-3-4-6-16(15)17(21)20-9-7-18(8-10-20)13-19(2)11-12-22-14-18;3-2(4,5)1(6)7/h3-6H,7-14H2,1-2H3;(H,6,7). The minimum atomic E-state index is -5.08. The number of halogens is 3. The summed E-state index contributed by atoms with van der Waals surface area (Å²) in [7, 11) is 2.17. The fourth-order valence-corrected chi connectivity index (χ4v) is 3.68. The van der Waals surface area contributed by atoms with E-state index in [1.54, 1.807) is 0 Å². The molecule has 9 heteroatoms. The highest BCUT2D eigenvalue weighted by atomic mass is 19.4. The number of piperidine rings is 1. The zero-order valence-corrected chi connectivity index (χ0v) is 16.7. The van der Waals surface area contributed by atoms with Crippen molar-refractivity contribution in [3.8, 4) is 0 Å². The number of aliphatic carboxylic acids is 1. The van der Waals surface area contributed by atoms with E-state index in [1.165, 1.54) is 0 Å². The Hall–Kier alpha value is -2.13. The van der Waals surface area contributed by atoms with Crippen molar-refractivity contribution in [2.75, 3.05) is 46.4 Å². The number of ether oxygens (including phenoxy) is 1. The Morgan fingerprint density at radius 2 is 1.72 bits per heavy atom. The summed E-state index contributed by atoms with van der Waals surface area (Å²) in [5.74, 6) is -2.58. The normalized spacial score (nSPS) is 19.8. The quantitative estimate of drug-likeness (QED) is 0.763. The molecule has 29 heavy (non-hydrogen) atoms. The van der Waals surface area contributed by atoms with Crippen molar-refractivity contribution in [3.63, 3.8) is 0 Å². The van der Waals surface area contributed by atoms with Crippen LogP contribution in [0.5, 0.6) is 0 Å². The molecule has 0 bridgehead atoms. The average molecular weight is 416 g/mol. The van der Waals surface area contributed by atoms with Crippen LogP contribution in [0.2, 0.25) is 0 Å². The van der Waals surface area contributed by atoms with Crippen molar-refractivity contribution >= 4 is 11.9 Å². The third-order valence-corrected chi connectivity index (χ3v) is 5.36. The Bertz CT molecular complexity index is 716. The van der Waals surface area contributed by atoms with Crippen LogP contribution in [0, 0.1) is 12.3 Å². The Labute approximate surface area is 168 Å². The van der Waals surface area contributed by atoms with Gasteiger partial charge in [-0.3, -0.25) is 4.79 Å². The molecular weight excluding hydrogens is 389 g/mol. The van der Waals surface area contributed by atoms with E-state index in [0.717, 1.165) is 63.4 Å². The van der Waals surface area contributed by atoms with Gasteiger partial charge >= 0.3 is 12.1 Å². The minimum Gasteiger partial charge on any atom is -0.475 e. The van der Waals surface area contributed by atoms with Crippen LogP contribution in [0.3, 0.4) is 0 Å². The van der Waals surface area contributed by atoms with Crippen molar-refractivity contribution in [1.82, 2.24) is 9.80 Å². The number of amides is 1. The van der Waals surface area contributed by atoms with E-state index in [-0.39, 0.29) is 11.3 Å². The second kappa shape index (κ2) is 9.58. The molecule has 0 aromatic heterocycles. The molecule has 0 radical (unpaired) electrons. The van der Waals surface area contributed by atoms with E-state index >= 15 is 0 Å². The summed E-state index contributed by atoms with van der Waals surface area (Å²) in [5.41, 5.74) is 2.13. The van der Waals surface area contributed by atoms with Gasteiger partial charge in [0.15, 0.2) is 0 Å². The maximum absolute atomic E-state index is 12.7. The fraction of sp³-hybridized carbons (Fsp3) is 0.600.